The molecule has 1 atom stereocenters. The zero-order valence-corrected chi connectivity index (χ0v) is 16.2. The minimum atomic E-state index is -0.594. The predicted molar refractivity (Wildman–Crippen MR) is 101 cm³/mol. The summed E-state index contributed by atoms with van der Waals surface area (Å²) in [5.41, 5.74) is 1.82. The van der Waals surface area contributed by atoms with E-state index in [1.165, 1.54) is 19.5 Å². The molecule has 1 fully saturated rings. The van der Waals surface area contributed by atoms with Crippen LogP contribution in [0.5, 0.6) is 0 Å². The van der Waals surface area contributed by atoms with Gasteiger partial charge in [0.25, 0.3) is 12.4 Å². The summed E-state index contributed by atoms with van der Waals surface area (Å²) in [6, 6.07) is 5.28. The van der Waals surface area contributed by atoms with Crippen LogP contribution in [0.3, 0.4) is 0 Å². The standard InChI is InChI=1S/C19H20FN3O3.CH2O2/c1-12-3-4-13(8-15(12)20)7-14-5-6-23(11-14)18(24)16-9-22-17(10-21-16)19(25)26-2;2-1-3/h3-4,8-10,14H,5-7,11H2,1-2H3;1H,(H,2,3). The lowest BCUT2D eigenvalue weighted by Gasteiger charge is -2.16. The number of aromatic nitrogens is 2. The van der Waals surface area contributed by atoms with Crippen molar-refractivity contribution in [3.8, 4) is 0 Å². The van der Waals surface area contributed by atoms with Crippen molar-refractivity contribution in [1.29, 1.82) is 0 Å². The molecule has 3 rings (SSSR count). The molecule has 9 heteroatoms. The molecule has 1 amide bonds. The number of hydrogen-bond donors (Lipinski definition) is 1. The number of halogens is 1. The quantitative estimate of drug-likeness (QED) is 0.615. The van der Waals surface area contributed by atoms with E-state index in [0.717, 1.165) is 18.4 Å². The molecule has 1 saturated heterocycles. The third-order valence-electron chi connectivity index (χ3n) is 4.60. The number of rotatable bonds is 4. The second-order valence-electron chi connectivity index (χ2n) is 6.58. The van der Waals surface area contributed by atoms with Gasteiger partial charge >= 0.3 is 5.97 Å². The van der Waals surface area contributed by atoms with E-state index in [9.17, 15) is 14.0 Å². The first kappa shape index (κ1) is 21.9. The molecule has 0 bridgehead atoms. The van der Waals surface area contributed by atoms with Crippen LogP contribution in [0.15, 0.2) is 30.6 Å². The van der Waals surface area contributed by atoms with Gasteiger partial charge in [0.15, 0.2) is 5.69 Å². The summed E-state index contributed by atoms with van der Waals surface area (Å²) in [5, 5.41) is 6.89. The highest BCUT2D eigenvalue weighted by Crippen LogP contribution is 2.23. The summed E-state index contributed by atoms with van der Waals surface area (Å²) < 4.78 is 18.2. The number of amides is 1. The van der Waals surface area contributed by atoms with Crippen molar-refractivity contribution in [1.82, 2.24) is 14.9 Å². The summed E-state index contributed by atoms with van der Waals surface area (Å²) >= 11 is 0. The zero-order chi connectivity index (χ0) is 21.4. The van der Waals surface area contributed by atoms with Crippen LogP contribution in [-0.4, -0.2) is 58.5 Å². The molecule has 1 aliphatic rings. The fourth-order valence-corrected chi connectivity index (χ4v) is 3.09. The van der Waals surface area contributed by atoms with Gasteiger partial charge in [0.1, 0.15) is 11.5 Å². The second-order valence-corrected chi connectivity index (χ2v) is 6.58. The van der Waals surface area contributed by atoms with Crippen LogP contribution >= 0.6 is 0 Å². The number of esters is 1. The van der Waals surface area contributed by atoms with Crippen molar-refractivity contribution in [2.24, 2.45) is 5.92 Å². The predicted octanol–water partition coefficient (Wildman–Crippen LogP) is 2.12. The summed E-state index contributed by atoms with van der Waals surface area (Å²) in [6.07, 6.45) is 4.11. The van der Waals surface area contributed by atoms with E-state index in [1.54, 1.807) is 24.0 Å². The Morgan fingerprint density at radius 1 is 1.31 bits per heavy atom. The van der Waals surface area contributed by atoms with Crippen molar-refractivity contribution >= 4 is 18.3 Å². The number of nitrogens with zero attached hydrogens (tertiary/aromatic N) is 3. The maximum Gasteiger partial charge on any atom is 0.358 e. The van der Waals surface area contributed by atoms with Gasteiger partial charge in [-0.05, 0) is 42.9 Å². The molecule has 29 heavy (non-hydrogen) atoms. The van der Waals surface area contributed by atoms with Gasteiger partial charge in [0.2, 0.25) is 0 Å². The first-order valence-corrected chi connectivity index (χ1v) is 8.92. The lowest BCUT2D eigenvalue weighted by molar-refractivity contribution is -0.122. The topological polar surface area (TPSA) is 110 Å². The number of likely N-dealkylation sites (tertiary alicyclic amines) is 1. The van der Waals surface area contributed by atoms with Crippen LogP contribution in [0.1, 0.15) is 38.5 Å². The van der Waals surface area contributed by atoms with E-state index in [4.69, 9.17) is 9.90 Å². The smallest absolute Gasteiger partial charge is 0.358 e. The van der Waals surface area contributed by atoms with Gasteiger partial charge in [-0.1, -0.05) is 12.1 Å². The lowest BCUT2D eigenvalue weighted by Crippen LogP contribution is -2.30. The van der Waals surface area contributed by atoms with Gasteiger partial charge in [-0.15, -0.1) is 0 Å². The van der Waals surface area contributed by atoms with Crippen molar-refractivity contribution < 1.29 is 28.6 Å². The summed E-state index contributed by atoms with van der Waals surface area (Å²) in [4.78, 5) is 41.9. The maximum absolute atomic E-state index is 13.7. The van der Waals surface area contributed by atoms with Crippen LogP contribution in [0.2, 0.25) is 0 Å². The van der Waals surface area contributed by atoms with Gasteiger partial charge in [-0.3, -0.25) is 9.59 Å². The summed E-state index contributed by atoms with van der Waals surface area (Å²) in [7, 11) is 1.26. The van der Waals surface area contributed by atoms with Crippen molar-refractivity contribution in [2.45, 2.75) is 19.8 Å². The molecule has 1 aromatic heterocycles. The third-order valence-corrected chi connectivity index (χ3v) is 4.60. The molecular weight excluding hydrogens is 381 g/mol. The van der Waals surface area contributed by atoms with Crippen LogP contribution in [0, 0.1) is 18.7 Å². The molecule has 1 N–H and O–H groups in total. The molecule has 8 nitrogen and oxygen atoms in total. The number of benzene rings is 1. The van der Waals surface area contributed by atoms with Crippen LogP contribution in [0.25, 0.3) is 0 Å². The van der Waals surface area contributed by atoms with Gasteiger partial charge in [-0.2, -0.15) is 0 Å². The Labute approximate surface area is 167 Å². The first-order valence-electron chi connectivity index (χ1n) is 8.92. The Balaban J connectivity index is 0.000000941. The molecule has 154 valence electrons. The van der Waals surface area contributed by atoms with Crippen LogP contribution in [0.4, 0.5) is 4.39 Å². The zero-order valence-electron chi connectivity index (χ0n) is 16.2. The van der Waals surface area contributed by atoms with Crippen molar-refractivity contribution in [3.63, 3.8) is 0 Å². The molecule has 2 heterocycles. The number of carbonyl (C=O) groups is 3. The van der Waals surface area contributed by atoms with E-state index in [-0.39, 0.29) is 35.5 Å². The minimum absolute atomic E-state index is 0.0600. The highest BCUT2D eigenvalue weighted by Gasteiger charge is 2.28. The van der Waals surface area contributed by atoms with E-state index in [1.807, 2.05) is 6.07 Å². The molecule has 0 saturated carbocycles. The highest BCUT2D eigenvalue weighted by atomic mass is 19.1. The largest absolute Gasteiger partial charge is 0.483 e. The number of aryl methyl sites for hydroxylation is 1. The molecule has 2 aromatic rings. The van der Waals surface area contributed by atoms with Crippen LogP contribution < -0.4 is 0 Å². The first-order chi connectivity index (χ1) is 13.9. The summed E-state index contributed by atoms with van der Waals surface area (Å²) in [5.74, 6) is -0.729. The molecule has 1 aliphatic heterocycles. The molecular formula is C20H22FN3O5. The van der Waals surface area contributed by atoms with Gasteiger partial charge in [0, 0.05) is 13.1 Å². The summed E-state index contributed by atoms with van der Waals surface area (Å²) in [6.45, 7) is 2.70. The number of carboxylic acid groups (broad SMARTS) is 1. The Morgan fingerprint density at radius 3 is 2.55 bits per heavy atom. The highest BCUT2D eigenvalue weighted by molar-refractivity contribution is 5.93. The average molecular weight is 403 g/mol. The van der Waals surface area contributed by atoms with Gasteiger partial charge in [-0.25, -0.2) is 19.2 Å². The second kappa shape index (κ2) is 10.3. The van der Waals surface area contributed by atoms with Gasteiger partial charge < -0.3 is 14.7 Å². The Hall–Kier alpha value is -3.36. The van der Waals surface area contributed by atoms with E-state index in [0.29, 0.717) is 18.7 Å². The Morgan fingerprint density at radius 2 is 1.97 bits per heavy atom. The number of hydrogen-bond acceptors (Lipinski definition) is 6. The van der Waals surface area contributed by atoms with Crippen LogP contribution in [-0.2, 0) is 16.0 Å². The lowest BCUT2D eigenvalue weighted by atomic mass is 9.98. The average Bonchev–Trinajstić information content (AvgIpc) is 3.19. The molecule has 0 aliphatic carbocycles. The maximum atomic E-state index is 13.7. The van der Waals surface area contributed by atoms with Crippen molar-refractivity contribution in [2.75, 3.05) is 20.2 Å². The number of methoxy groups -OCH3 is 1. The molecule has 1 unspecified atom stereocenters. The fraction of sp³-hybridized carbons (Fsp3) is 0.350. The minimum Gasteiger partial charge on any atom is -0.483 e. The Bertz CT molecular complexity index is 873. The van der Waals surface area contributed by atoms with E-state index >= 15 is 0 Å². The number of ether oxygens (including phenoxy) is 1. The fourth-order valence-electron chi connectivity index (χ4n) is 3.09. The Kier molecular flexibility index (Phi) is 7.76. The van der Waals surface area contributed by atoms with Crippen molar-refractivity contribution in [3.05, 3.63) is 58.9 Å². The van der Waals surface area contributed by atoms with E-state index in [2.05, 4.69) is 14.7 Å². The molecule has 1 aromatic carbocycles. The van der Waals surface area contributed by atoms with Gasteiger partial charge in [0.05, 0.1) is 19.5 Å². The SMILES string of the molecule is COC(=O)c1cnc(C(=O)N2CCC(Cc3ccc(C)c(F)c3)C2)cn1.O=CO. The molecule has 0 spiro atoms. The third kappa shape index (κ3) is 5.81. The number of carbonyl (C=O) groups excluding carboxylic acids is 2. The normalized spacial score (nSPS) is 15.3. The van der Waals surface area contributed by atoms with E-state index < -0.39 is 5.97 Å². The monoisotopic (exact) mass is 403 g/mol. The molecule has 0 radical (unpaired) electrons.